The van der Waals surface area contributed by atoms with Crippen molar-refractivity contribution in [1.82, 2.24) is 5.48 Å². The Hall–Kier alpha value is -0.390. The fourth-order valence-corrected chi connectivity index (χ4v) is 3.78. The number of aliphatic hydroxyl groups is 1. The summed E-state index contributed by atoms with van der Waals surface area (Å²) in [6.45, 7) is 4.06. The number of hydrogen-bond donors (Lipinski definition) is 2. The zero-order chi connectivity index (χ0) is 14.7. The van der Waals surface area contributed by atoms with E-state index in [9.17, 15) is 5.11 Å². The Balaban J connectivity index is 2.08. The first kappa shape index (κ1) is 16.0. The summed E-state index contributed by atoms with van der Waals surface area (Å²) < 4.78 is 0. The van der Waals surface area contributed by atoms with Gasteiger partial charge in [-0.1, -0.05) is 43.1 Å². The molecule has 0 amide bonds. The highest BCUT2D eigenvalue weighted by molar-refractivity contribution is 7.99. The highest BCUT2D eigenvalue weighted by Gasteiger charge is 2.28. The summed E-state index contributed by atoms with van der Waals surface area (Å²) in [7, 11) is 0. The molecule has 2 N–H and O–H groups in total. The Labute approximate surface area is 133 Å². The Morgan fingerprint density at radius 1 is 1.35 bits per heavy atom. The van der Waals surface area contributed by atoms with Gasteiger partial charge in [0.1, 0.15) is 5.76 Å². The van der Waals surface area contributed by atoms with E-state index >= 15 is 0 Å². The minimum Gasteiger partial charge on any atom is -0.412 e. The Bertz CT molecular complexity index is 500. The molecular weight excluding hydrogens is 317 g/mol. The molecular formula is C14H17Cl2NO2S. The lowest BCUT2D eigenvalue weighted by Crippen LogP contribution is -2.27. The van der Waals surface area contributed by atoms with Gasteiger partial charge in [-0.15, -0.1) is 17.2 Å². The van der Waals surface area contributed by atoms with Crippen LogP contribution in [0.25, 0.3) is 0 Å². The first-order valence-corrected chi connectivity index (χ1v) is 8.11. The Morgan fingerprint density at radius 2 is 2.00 bits per heavy atom. The number of hydrogen-bond acceptors (Lipinski definition) is 4. The minimum atomic E-state index is -0.0326. The first-order valence-electron chi connectivity index (χ1n) is 6.37. The fourth-order valence-electron chi connectivity index (χ4n) is 2.04. The van der Waals surface area contributed by atoms with Crippen molar-refractivity contribution in [3.05, 3.63) is 39.6 Å². The van der Waals surface area contributed by atoms with Crippen molar-refractivity contribution in [3.63, 3.8) is 0 Å². The summed E-state index contributed by atoms with van der Waals surface area (Å²) >= 11 is 13.8. The standard InChI is InChI=1S/C14H17Cl2NO2S/c1-8(2)13-9(6-18)12(17-19-13)7-20-14-10(15)4-3-5-11(14)16/h3-5,8,12,17-18H,6-7H2,1-2H3. The van der Waals surface area contributed by atoms with E-state index in [2.05, 4.69) is 5.48 Å². The third-order valence-electron chi connectivity index (χ3n) is 3.06. The predicted molar refractivity (Wildman–Crippen MR) is 84.1 cm³/mol. The SMILES string of the molecule is CC(C)C1=C(CO)C(CSc2c(Cl)cccc2Cl)NO1. The average Bonchev–Trinajstić information content (AvgIpc) is 2.81. The van der Waals surface area contributed by atoms with Crippen molar-refractivity contribution in [2.45, 2.75) is 24.8 Å². The van der Waals surface area contributed by atoms with Gasteiger partial charge in [0.15, 0.2) is 0 Å². The van der Waals surface area contributed by atoms with E-state index in [-0.39, 0.29) is 18.6 Å². The molecule has 0 aromatic heterocycles. The Morgan fingerprint density at radius 3 is 2.55 bits per heavy atom. The molecule has 0 spiro atoms. The molecule has 110 valence electrons. The molecule has 1 aromatic carbocycles. The van der Waals surface area contributed by atoms with E-state index in [0.717, 1.165) is 16.2 Å². The van der Waals surface area contributed by atoms with Gasteiger partial charge in [0, 0.05) is 22.1 Å². The normalized spacial score (nSPS) is 18.8. The molecule has 1 unspecified atom stereocenters. The highest BCUT2D eigenvalue weighted by atomic mass is 35.5. The van der Waals surface area contributed by atoms with Gasteiger partial charge in [-0.2, -0.15) is 0 Å². The minimum absolute atomic E-state index is 0.0119. The second kappa shape index (κ2) is 7.05. The topological polar surface area (TPSA) is 41.5 Å². The van der Waals surface area contributed by atoms with E-state index in [1.807, 2.05) is 32.0 Å². The molecule has 0 radical (unpaired) electrons. The van der Waals surface area contributed by atoms with Crippen LogP contribution in [0.15, 0.2) is 34.4 Å². The maximum Gasteiger partial charge on any atom is 0.130 e. The number of hydroxylamine groups is 1. The predicted octanol–water partition coefficient (Wildman–Crippen LogP) is 3.89. The van der Waals surface area contributed by atoms with E-state index < -0.39 is 0 Å². The van der Waals surface area contributed by atoms with Gasteiger partial charge < -0.3 is 9.94 Å². The van der Waals surface area contributed by atoms with Gasteiger partial charge in [-0.3, -0.25) is 0 Å². The first-order chi connectivity index (χ1) is 9.54. The maximum atomic E-state index is 9.52. The van der Waals surface area contributed by atoms with Gasteiger partial charge in [0.05, 0.1) is 22.7 Å². The van der Waals surface area contributed by atoms with Crippen LogP contribution in [0.4, 0.5) is 0 Å². The van der Waals surface area contributed by atoms with Crippen LogP contribution >= 0.6 is 35.0 Å². The van der Waals surface area contributed by atoms with Crippen molar-refractivity contribution < 1.29 is 9.94 Å². The molecule has 6 heteroatoms. The number of halogens is 2. The molecule has 0 saturated heterocycles. The van der Waals surface area contributed by atoms with Crippen LogP contribution in [0.1, 0.15) is 13.8 Å². The van der Waals surface area contributed by atoms with Crippen LogP contribution in [0.3, 0.4) is 0 Å². The van der Waals surface area contributed by atoms with Crippen LogP contribution < -0.4 is 5.48 Å². The molecule has 0 bridgehead atoms. The van der Waals surface area contributed by atoms with E-state index in [0.29, 0.717) is 15.8 Å². The van der Waals surface area contributed by atoms with Gasteiger partial charge in [0.25, 0.3) is 0 Å². The number of thioether (sulfide) groups is 1. The molecule has 1 aliphatic heterocycles. The number of rotatable bonds is 5. The molecule has 1 heterocycles. The van der Waals surface area contributed by atoms with Crippen molar-refractivity contribution in [2.24, 2.45) is 5.92 Å². The monoisotopic (exact) mass is 333 g/mol. The molecule has 3 nitrogen and oxygen atoms in total. The average molecular weight is 334 g/mol. The third kappa shape index (κ3) is 3.43. The van der Waals surface area contributed by atoms with Crippen molar-refractivity contribution >= 4 is 35.0 Å². The van der Waals surface area contributed by atoms with Gasteiger partial charge in [-0.05, 0) is 12.1 Å². The van der Waals surface area contributed by atoms with E-state index in [4.69, 9.17) is 28.0 Å². The molecule has 0 fully saturated rings. The zero-order valence-corrected chi connectivity index (χ0v) is 13.6. The van der Waals surface area contributed by atoms with E-state index in [1.54, 1.807) is 11.8 Å². The van der Waals surface area contributed by atoms with Gasteiger partial charge in [-0.25, -0.2) is 0 Å². The lowest BCUT2D eigenvalue weighted by molar-refractivity contribution is 0.104. The molecule has 1 atom stereocenters. The molecule has 20 heavy (non-hydrogen) atoms. The largest absolute Gasteiger partial charge is 0.412 e. The molecule has 1 aliphatic rings. The summed E-state index contributed by atoms with van der Waals surface area (Å²) in [4.78, 5) is 6.32. The van der Waals surface area contributed by atoms with Gasteiger partial charge in [0.2, 0.25) is 0 Å². The lowest BCUT2D eigenvalue weighted by atomic mass is 10.0. The smallest absolute Gasteiger partial charge is 0.130 e. The zero-order valence-electron chi connectivity index (χ0n) is 11.3. The van der Waals surface area contributed by atoms with Crippen molar-refractivity contribution in [2.75, 3.05) is 12.4 Å². The van der Waals surface area contributed by atoms with Gasteiger partial charge >= 0.3 is 0 Å². The van der Waals surface area contributed by atoms with Crippen LogP contribution in [0.2, 0.25) is 10.0 Å². The number of nitrogens with one attached hydrogen (secondary N) is 1. The maximum absolute atomic E-state index is 9.52. The summed E-state index contributed by atoms with van der Waals surface area (Å²) in [6.07, 6.45) is 0. The number of allylic oxidation sites excluding steroid dienone is 1. The van der Waals surface area contributed by atoms with Crippen LogP contribution in [-0.2, 0) is 4.84 Å². The summed E-state index contributed by atoms with van der Waals surface area (Å²) in [6, 6.07) is 5.42. The molecule has 0 aliphatic carbocycles. The quantitative estimate of drug-likeness (QED) is 0.802. The molecule has 0 saturated carbocycles. The van der Waals surface area contributed by atoms with E-state index in [1.165, 1.54) is 0 Å². The van der Waals surface area contributed by atoms with Crippen molar-refractivity contribution in [3.8, 4) is 0 Å². The lowest BCUT2D eigenvalue weighted by Gasteiger charge is -2.12. The summed E-state index contributed by atoms with van der Waals surface area (Å²) in [5.74, 6) is 1.75. The van der Waals surface area contributed by atoms with Crippen molar-refractivity contribution in [1.29, 1.82) is 0 Å². The number of aliphatic hydroxyl groups excluding tert-OH is 1. The Kier molecular flexibility index (Phi) is 5.64. The highest BCUT2D eigenvalue weighted by Crippen LogP contribution is 2.36. The second-order valence-corrected chi connectivity index (χ2v) is 6.68. The summed E-state index contributed by atoms with van der Waals surface area (Å²) in [5, 5.41) is 10.8. The molecule has 2 rings (SSSR count). The van der Waals surface area contributed by atoms with Crippen LogP contribution in [-0.4, -0.2) is 23.5 Å². The second-order valence-electron chi connectivity index (χ2n) is 4.84. The summed E-state index contributed by atoms with van der Waals surface area (Å²) in [5.41, 5.74) is 3.86. The third-order valence-corrected chi connectivity index (χ3v) is 5.14. The number of benzene rings is 1. The fraction of sp³-hybridized carbons (Fsp3) is 0.429. The van der Waals surface area contributed by atoms with Crippen LogP contribution in [0.5, 0.6) is 0 Å². The molecule has 1 aromatic rings. The van der Waals surface area contributed by atoms with Crippen LogP contribution in [0, 0.1) is 5.92 Å².